The lowest BCUT2D eigenvalue weighted by Gasteiger charge is -2.17. The summed E-state index contributed by atoms with van der Waals surface area (Å²) in [6.45, 7) is 2.66. The van der Waals surface area contributed by atoms with E-state index in [9.17, 15) is 0 Å². The molecule has 0 amide bonds. The molecule has 1 fully saturated rings. The van der Waals surface area contributed by atoms with Gasteiger partial charge in [-0.15, -0.1) is 10.2 Å². The fraction of sp³-hybridized carbons (Fsp3) is 0.278. The van der Waals surface area contributed by atoms with E-state index in [1.54, 1.807) is 6.20 Å². The molecule has 0 spiro atoms. The van der Waals surface area contributed by atoms with Crippen LogP contribution in [0.2, 0.25) is 5.28 Å². The molecule has 0 bridgehead atoms. The van der Waals surface area contributed by atoms with Crippen LogP contribution in [0.1, 0.15) is 25.6 Å². The van der Waals surface area contributed by atoms with Gasteiger partial charge in [-0.2, -0.15) is 4.98 Å². The van der Waals surface area contributed by atoms with E-state index in [0.717, 1.165) is 23.7 Å². The Hall–Kier alpha value is -3.04. The number of hydrogen-bond acceptors (Lipinski definition) is 7. The molecule has 5 heterocycles. The molecule has 1 unspecified atom stereocenters. The molecule has 28 heavy (non-hydrogen) atoms. The zero-order valence-corrected chi connectivity index (χ0v) is 15.6. The molecule has 9 nitrogen and oxygen atoms in total. The summed E-state index contributed by atoms with van der Waals surface area (Å²) in [6, 6.07) is 7.81. The van der Waals surface area contributed by atoms with E-state index in [1.807, 2.05) is 40.0 Å². The Bertz CT molecular complexity index is 1360. The molecule has 1 aliphatic rings. The first-order valence-electron chi connectivity index (χ1n) is 8.93. The van der Waals surface area contributed by atoms with Crippen LogP contribution >= 0.6 is 11.6 Å². The number of ether oxygens (including phenoxy) is 1. The van der Waals surface area contributed by atoms with E-state index in [2.05, 4.69) is 25.3 Å². The molecule has 6 rings (SSSR count). The molecule has 5 aromatic rings. The van der Waals surface area contributed by atoms with Crippen LogP contribution in [0.15, 0.2) is 35.0 Å². The van der Waals surface area contributed by atoms with Gasteiger partial charge in [0.25, 0.3) is 5.89 Å². The van der Waals surface area contributed by atoms with Gasteiger partial charge in [0.1, 0.15) is 11.2 Å². The number of rotatable bonds is 2. The Kier molecular flexibility index (Phi) is 3.13. The third-order valence-corrected chi connectivity index (χ3v) is 5.55. The fourth-order valence-electron chi connectivity index (χ4n) is 3.86. The van der Waals surface area contributed by atoms with Gasteiger partial charge in [0.05, 0.1) is 11.7 Å². The van der Waals surface area contributed by atoms with Crippen molar-refractivity contribution in [3.8, 4) is 11.7 Å². The SMILES string of the molecule is CC1(c2noc(-c3nnc4c5ccccc5n5c(Cl)ncc5n34)n2)CCCO1. The molecular formula is C18H14ClN7O2. The van der Waals surface area contributed by atoms with E-state index < -0.39 is 5.60 Å². The van der Waals surface area contributed by atoms with Gasteiger partial charge in [0, 0.05) is 12.0 Å². The van der Waals surface area contributed by atoms with Crippen molar-refractivity contribution in [2.24, 2.45) is 0 Å². The highest BCUT2D eigenvalue weighted by Gasteiger charge is 2.37. The molecule has 1 atom stereocenters. The van der Waals surface area contributed by atoms with Gasteiger partial charge >= 0.3 is 0 Å². The Labute approximate surface area is 162 Å². The first kappa shape index (κ1) is 16.0. The molecule has 0 N–H and O–H groups in total. The molecule has 1 aromatic carbocycles. The van der Waals surface area contributed by atoms with Crippen molar-refractivity contribution in [3.05, 3.63) is 41.6 Å². The Morgan fingerprint density at radius 2 is 2.07 bits per heavy atom. The van der Waals surface area contributed by atoms with Gasteiger partial charge in [-0.1, -0.05) is 17.3 Å². The normalized spacial score (nSPS) is 20.1. The molecule has 140 valence electrons. The van der Waals surface area contributed by atoms with Gasteiger partial charge in [0.15, 0.2) is 5.65 Å². The summed E-state index contributed by atoms with van der Waals surface area (Å²) >= 11 is 6.36. The maximum atomic E-state index is 6.36. The number of aromatic nitrogens is 7. The van der Waals surface area contributed by atoms with Crippen LogP contribution in [-0.2, 0) is 10.3 Å². The number of imidazole rings is 1. The van der Waals surface area contributed by atoms with Gasteiger partial charge in [0.2, 0.25) is 16.9 Å². The molecule has 10 heteroatoms. The average Bonchev–Trinajstić information content (AvgIpc) is 3.47. The summed E-state index contributed by atoms with van der Waals surface area (Å²) in [7, 11) is 0. The average molecular weight is 396 g/mol. The van der Waals surface area contributed by atoms with Crippen molar-refractivity contribution in [3.63, 3.8) is 0 Å². The molecule has 4 aromatic heterocycles. The summed E-state index contributed by atoms with van der Waals surface area (Å²) in [4.78, 5) is 8.82. The number of hydrogen-bond donors (Lipinski definition) is 0. The first-order chi connectivity index (χ1) is 13.7. The lowest BCUT2D eigenvalue weighted by molar-refractivity contribution is 0.00768. The number of fused-ring (bicyclic) bond motifs is 6. The zero-order valence-electron chi connectivity index (χ0n) is 14.8. The third-order valence-electron chi connectivity index (χ3n) is 5.29. The highest BCUT2D eigenvalue weighted by Crippen LogP contribution is 2.35. The monoisotopic (exact) mass is 395 g/mol. The minimum Gasteiger partial charge on any atom is -0.367 e. The van der Waals surface area contributed by atoms with Crippen molar-refractivity contribution in [2.75, 3.05) is 6.61 Å². The third kappa shape index (κ3) is 2.02. The highest BCUT2D eigenvalue weighted by molar-refractivity contribution is 6.29. The number of halogens is 1. The maximum Gasteiger partial charge on any atom is 0.296 e. The van der Waals surface area contributed by atoms with Crippen LogP contribution in [0.5, 0.6) is 0 Å². The van der Waals surface area contributed by atoms with E-state index in [4.69, 9.17) is 20.9 Å². The van der Waals surface area contributed by atoms with E-state index in [1.165, 1.54) is 0 Å². The minimum absolute atomic E-state index is 0.272. The molecular weight excluding hydrogens is 382 g/mol. The number of benzene rings is 1. The summed E-state index contributed by atoms with van der Waals surface area (Å²) in [5, 5.41) is 14.1. The molecule has 0 radical (unpaired) electrons. The summed E-state index contributed by atoms with van der Waals surface area (Å²) in [5.41, 5.74) is 1.73. The van der Waals surface area contributed by atoms with Gasteiger partial charge in [-0.05, 0) is 43.5 Å². The standard InChI is InChI=1S/C18H14ClN7O2/c1-18(7-4-8-27-18)16-21-15(28-24-16)14-23-22-13-10-5-2-3-6-11(10)25-12(26(13)14)9-20-17(25)19/h2-3,5-6,9H,4,7-8H2,1H3. The van der Waals surface area contributed by atoms with E-state index >= 15 is 0 Å². The van der Waals surface area contributed by atoms with Crippen LogP contribution in [0, 0.1) is 0 Å². The first-order valence-corrected chi connectivity index (χ1v) is 9.31. The largest absolute Gasteiger partial charge is 0.367 e. The van der Waals surface area contributed by atoms with Crippen LogP contribution < -0.4 is 0 Å². The second-order valence-corrected chi connectivity index (χ2v) is 7.36. The second-order valence-electron chi connectivity index (χ2n) is 7.03. The van der Waals surface area contributed by atoms with Gasteiger partial charge < -0.3 is 9.26 Å². The second kappa shape index (κ2) is 5.49. The molecule has 0 saturated carbocycles. The summed E-state index contributed by atoms with van der Waals surface area (Å²) in [6.07, 6.45) is 3.49. The molecule has 1 saturated heterocycles. The van der Waals surface area contributed by atoms with Crippen LogP contribution in [0.4, 0.5) is 0 Å². The van der Waals surface area contributed by atoms with Crippen molar-refractivity contribution < 1.29 is 9.26 Å². The van der Waals surface area contributed by atoms with Crippen molar-refractivity contribution in [1.82, 2.24) is 34.1 Å². The number of nitrogens with zero attached hydrogens (tertiary/aromatic N) is 7. The molecule has 0 aliphatic carbocycles. The van der Waals surface area contributed by atoms with Crippen LogP contribution in [-0.4, -0.2) is 40.7 Å². The molecule has 1 aliphatic heterocycles. The van der Waals surface area contributed by atoms with E-state index in [0.29, 0.717) is 34.8 Å². The Morgan fingerprint density at radius 3 is 2.93 bits per heavy atom. The smallest absolute Gasteiger partial charge is 0.296 e. The Morgan fingerprint density at radius 1 is 1.18 bits per heavy atom. The number of para-hydroxylation sites is 1. The quantitative estimate of drug-likeness (QED) is 0.452. The summed E-state index contributed by atoms with van der Waals surface area (Å²) < 4.78 is 15.0. The van der Waals surface area contributed by atoms with Crippen molar-refractivity contribution in [1.29, 1.82) is 0 Å². The predicted octanol–water partition coefficient (Wildman–Crippen LogP) is 3.26. The maximum absolute atomic E-state index is 6.36. The highest BCUT2D eigenvalue weighted by atomic mass is 35.5. The van der Waals surface area contributed by atoms with Crippen molar-refractivity contribution in [2.45, 2.75) is 25.4 Å². The van der Waals surface area contributed by atoms with Gasteiger partial charge in [-0.25, -0.2) is 4.98 Å². The minimum atomic E-state index is -0.538. The lowest BCUT2D eigenvalue weighted by atomic mass is 10.0. The van der Waals surface area contributed by atoms with E-state index in [-0.39, 0.29) is 5.89 Å². The predicted molar refractivity (Wildman–Crippen MR) is 100 cm³/mol. The van der Waals surface area contributed by atoms with Crippen molar-refractivity contribution >= 4 is 33.8 Å². The fourth-order valence-corrected chi connectivity index (χ4v) is 4.08. The van der Waals surface area contributed by atoms with Crippen LogP contribution in [0.25, 0.3) is 33.9 Å². The Balaban J connectivity index is 1.65. The lowest BCUT2D eigenvalue weighted by Crippen LogP contribution is -2.21. The van der Waals surface area contributed by atoms with Crippen LogP contribution in [0.3, 0.4) is 0 Å². The zero-order chi connectivity index (χ0) is 18.9. The summed E-state index contributed by atoms with van der Waals surface area (Å²) in [5.74, 6) is 1.22. The van der Waals surface area contributed by atoms with Gasteiger partial charge in [-0.3, -0.25) is 8.80 Å². The topological polar surface area (TPSA) is 95.6 Å².